The summed E-state index contributed by atoms with van der Waals surface area (Å²) in [7, 11) is 1.89. The van der Waals surface area contributed by atoms with E-state index in [1.807, 2.05) is 42.2 Å². The van der Waals surface area contributed by atoms with Crippen LogP contribution in [0.15, 0.2) is 30.5 Å². The number of hydrogen-bond donors (Lipinski definition) is 1. The molecule has 0 fully saturated rings. The van der Waals surface area contributed by atoms with Gasteiger partial charge in [0.2, 0.25) is 0 Å². The fraction of sp³-hybridized carbons (Fsp3) is 0.273. The Morgan fingerprint density at radius 3 is 2.75 bits per heavy atom. The molecule has 84 valence electrons. The van der Waals surface area contributed by atoms with Crippen molar-refractivity contribution in [3.8, 4) is 0 Å². The summed E-state index contributed by atoms with van der Waals surface area (Å²) >= 11 is 5.82. The van der Waals surface area contributed by atoms with Gasteiger partial charge in [0.25, 0.3) is 0 Å². The Balaban J connectivity index is 2.05. The molecule has 0 aliphatic carbocycles. The molecule has 0 saturated carbocycles. The minimum atomic E-state index is 0.716. The fourth-order valence-electron chi connectivity index (χ4n) is 1.45. The van der Waals surface area contributed by atoms with Gasteiger partial charge >= 0.3 is 0 Å². The standard InChI is InChI=1S/C11H13ClN4/c1-13-6-11-8-16(15-14-11)7-9-2-4-10(12)5-3-9/h2-5,8,13H,6-7H2,1H3. The van der Waals surface area contributed by atoms with E-state index in [9.17, 15) is 0 Å². The van der Waals surface area contributed by atoms with Crippen LogP contribution in [0.1, 0.15) is 11.3 Å². The first-order valence-corrected chi connectivity index (χ1v) is 5.44. The maximum atomic E-state index is 5.82. The Labute approximate surface area is 99.2 Å². The largest absolute Gasteiger partial charge is 0.314 e. The van der Waals surface area contributed by atoms with E-state index in [-0.39, 0.29) is 0 Å². The number of hydrogen-bond acceptors (Lipinski definition) is 3. The maximum Gasteiger partial charge on any atom is 0.0964 e. The van der Waals surface area contributed by atoms with Crippen molar-refractivity contribution in [1.29, 1.82) is 0 Å². The molecule has 1 N–H and O–H groups in total. The van der Waals surface area contributed by atoms with Crippen LogP contribution >= 0.6 is 11.6 Å². The second kappa shape index (κ2) is 5.09. The molecule has 0 unspecified atom stereocenters. The van der Waals surface area contributed by atoms with Crippen LogP contribution in [0.25, 0.3) is 0 Å². The van der Waals surface area contributed by atoms with Crippen molar-refractivity contribution in [2.45, 2.75) is 13.1 Å². The predicted octanol–water partition coefficient (Wildman–Crippen LogP) is 1.70. The Bertz CT molecular complexity index is 449. The SMILES string of the molecule is CNCc1cn(Cc2ccc(Cl)cc2)nn1. The third kappa shape index (κ3) is 2.81. The van der Waals surface area contributed by atoms with Crippen molar-refractivity contribution in [3.05, 3.63) is 46.7 Å². The molecular weight excluding hydrogens is 224 g/mol. The Morgan fingerprint density at radius 2 is 2.06 bits per heavy atom. The highest BCUT2D eigenvalue weighted by Crippen LogP contribution is 2.10. The van der Waals surface area contributed by atoms with Gasteiger partial charge in [-0.15, -0.1) is 5.10 Å². The quantitative estimate of drug-likeness (QED) is 0.879. The molecule has 5 heteroatoms. The summed E-state index contributed by atoms with van der Waals surface area (Å²) in [5.41, 5.74) is 2.10. The Hall–Kier alpha value is -1.39. The summed E-state index contributed by atoms with van der Waals surface area (Å²) in [6.07, 6.45) is 1.94. The van der Waals surface area contributed by atoms with Crippen molar-refractivity contribution in [2.75, 3.05) is 7.05 Å². The maximum absolute atomic E-state index is 5.82. The average molecular weight is 237 g/mol. The number of nitrogens with zero attached hydrogens (tertiary/aromatic N) is 3. The zero-order valence-electron chi connectivity index (χ0n) is 9.02. The van der Waals surface area contributed by atoms with Gasteiger partial charge < -0.3 is 5.32 Å². The first-order chi connectivity index (χ1) is 7.78. The molecule has 0 spiro atoms. The lowest BCUT2D eigenvalue weighted by Crippen LogP contribution is -2.05. The van der Waals surface area contributed by atoms with E-state index in [0.29, 0.717) is 6.54 Å². The van der Waals surface area contributed by atoms with Gasteiger partial charge in [-0.3, -0.25) is 0 Å². The molecule has 1 aromatic carbocycles. The van der Waals surface area contributed by atoms with Gasteiger partial charge in [-0.2, -0.15) is 0 Å². The normalized spacial score (nSPS) is 10.6. The zero-order chi connectivity index (χ0) is 11.4. The monoisotopic (exact) mass is 236 g/mol. The smallest absolute Gasteiger partial charge is 0.0964 e. The van der Waals surface area contributed by atoms with E-state index in [1.165, 1.54) is 0 Å². The molecule has 16 heavy (non-hydrogen) atoms. The second-order valence-corrected chi connectivity index (χ2v) is 4.00. The number of rotatable bonds is 4. The zero-order valence-corrected chi connectivity index (χ0v) is 9.78. The van der Waals surface area contributed by atoms with Crippen molar-refractivity contribution >= 4 is 11.6 Å². The molecule has 0 amide bonds. The molecule has 0 radical (unpaired) electrons. The van der Waals surface area contributed by atoms with Crippen LogP contribution in [0.3, 0.4) is 0 Å². The van der Waals surface area contributed by atoms with E-state index >= 15 is 0 Å². The third-order valence-corrected chi connectivity index (χ3v) is 2.45. The van der Waals surface area contributed by atoms with Crippen LogP contribution in [0.4, 0.5) is 0 Å². The fourth-order valence-corrected chi connectivity index (χ4v) is 1.58. The summed E-state index contributed by atoms with van der Waals surface area (Å²) in [5.74, 6) is 0. The highest BCUT2D eigenvalue weighted by molar-refractivity contribution is 6.30. The molecule has 2 aromatic rings. The van der Waals surface area contributed by atoms with E-state index < -0.39 is 0 Å². The summed E-state index contributed by atoms with van der Waals surface area (Å²) in [6.45, 7) is 1.45. The summed E-state index contributed by atoms with van der Waals surface area (Å²) < 4.78 is 1.82. The topological polar surface area (TPSA) is 42.7 Å². The highest BCUT2D eigenvalue weighted by Gasteiger charge is 2.00. The van der Waals surface area contributed by atoms with Gasteiger partial charge in [0.15, 0.2) is 0 Å². The first-order valence-electron chi connectivity index (χ1n) is 5.06. The van der Waals surface area contributed by atoms with Gasteiger partial charge in [-0.05, 0) is 24.7 Å². The van der Waals surface area contributed by atoms with Crippen LogP contribution in [-0.2, 0) is 13.1 Å². The number of halogens is 1. The van der Waals surface area contributed by atoms with E-state index in [2.05, 4.69) is 15.6 Å². The molecule has 4 nitrogen and oxygen atoms in total. The molecule has 2 rings (SSSR count). The summed E-state index contributed by atoms with van der Waals surface area (Å²) in [6, 6.07) is 7.73. The Morgan fingerprint density at radius 1 is 1.31 bits per heavy atom. The van der Waals surface area contributed by atoms with Gasteiger partial charge in [-0.25, -0.2) is 4.68 Å². The van der Waals surface area contributed by atoms with Gasteiger partial charge in [0.05, 0.1) is 18.4 Å². The van der Waals surface area contributed by atoms with Crippen molar-refractivity contribution in [3.63, 3.8) is 0 Å². The lowest BCUT2D eigenvalue weighted by atomic mass is 10.2. The van der Waals surface area contributed by atoms with Crippen molar-refractivity contribution in [1.82, 2.24) is 20.3 Å². The third-order valence-electron chi connectivity index (χ3n) is 2.20. The summed E-state index contributed by atoms with van der Waals surface area (Å²) in [5, 5.41) is 11.9. The lowest BCUT2D eigenvalue weighted by Gasteiger charge is -2.00. The van der Waals surface area contributed by atoms with Gasteiger partial charge in [0, 0.05) is 11.6 Å². The number of nitrogens with one attached hydrogen (secondary N) is 1. The lowest BCUT2D eigenvalue weighted by molar-refractivity contribution is 0.649. The molecule has 0 saturated heterocycles. The van der Waals surface area contributed by atoms with E-state index in [1.54, 1.807) is 0 Å². The van der Waals surface area contributed by atoms with Crippen molar-refractivity contribution < 1.29 is 0 Å². The van der Waals surface area contributed by atoms with Gasteiger partial charge in [-0.1, -0.05) is 28.9 Å². The first kappa shape index (κ1) is 11.1. The van der Waals surface area contributed by atoms with Crippen molar-refractivity contribution in [2.24, 2.45) is 0 Å². The minimum absolute atomic E-state index is 0.716. The highest BCUT2D eigenvalue weighted by atomic mass is 35.5. The van der Waals surface area contributed by atoms with Crippen LogP contribution in [0, 0.1) is 0 Å². The molecule has 0 aliphatic heterocycles. The molecule has 0 bridgehead atoms. The second-order valence-electron chi connectivity index (χ2n) is 3.56. The van der Waals surface area contributed by atoms with Crippen LogP contribution in [0.2, 0.25) is 5.02 Å². The molecule has 0 aliphatic rings. The Kier molecular flexibility index (Phi) is 3.54. The molecule has 0 atom stereocenters. The minimum Gasteiger partial charge on any atom is -0.314 e. The van der Waals surface area contributed by atoms with Crippen LogP contribution in [0.5, 0.6) is 0 Å². The number of benzene rings is 1. The predicted molar refractivity (Wildman–Crippen MR) is 63.3 cm³/mol. The number of aromatic nitrogens is 3. The molecular formula is C11H13ClN4. The van der Waals surface area contributed by atoms with Crippen LogP contribution in [-0.4, -0.2) is 22.0 Å². The van der Waals surface area contributed by atoms with E-state index in [4.69, 9.17) is 11.6 Å². The summed E-state index contributed by atoms with van der Waals surface area (Å²) in [4.78, 5) is 0. The average Bonchev–Trinajstić information content (AvgIpc) is 2.70. The molecule has 1 aromatic heterocycles. The van der Waals surface area contributed by atoms with Crippen LogP contribution < -0.4 is 5.32 Å². The van der Waals surface area contributed by atoms with E-state index in [0.717, 1.165) is 22.8 Å². The van der Waals surface area contributed by atoms with Gasteiger partial charge in [0.1, 0.15) is 0 Å². The molecule has 1 heterocycles.